The van der Waals surface area contributed by atoms with Crippen LogP contribution in [0.3, 0.4) is 0 Å². The number of carbonyl (C=O) groups excluding carboxylic acids is 1. The van der Waals surface area contributed by atoms with Crippen molar-refractivity contribution in [2.24, 2.45) is 0 Å². The summed E-state index contributed by atoms with van der Waals surface area (Å²) in [6.45, 7) is 4.26. The highest BCUT2D eigenvalue weighted by Crippen LogP contribution is 2.32. The monoisotopic (exact) mass is 288 g/mol. The van der Waals surface area contributed by atoms with Crippen LogP contribution in [0.1, 0.15) is 85.6 Å². The summed E-state index contributed by atoms with van der Waals surface area (Å²) in [4.78, 5) is 12.5. The van der Waals surface area contributed by atoms with Gasteiger partial charge in [0, 0.05) is 23.5 Å². The molecule has 0 atom stereocenters. The first-order valence-corrected chi connectivity index (χ1v) is 8.66. The van der Waals surface area contributed by atoms with Crippen LogP contribution in [0.25, 0.3) is 0 Å². The molecule has 3 heteroatoms. The lowest BCUT2D eigenvalue weighted by Gasteiger charge is -2.26. The number of hydrogen-bond donors (Lipinski definition) is 1. The van der Waals surface area contributed by atoms with Gasteiger partial charge in [-0.05, 0) is 45.6 Å². The number of aromatic nitrogens is 1. The summed E-state index contributed by atoms with van der Waals surface area (Å²) in [6.07, 6.45) is 11.3. The maximum Gasteiger partial charge on any atom is 0.253 e. The van der Waals surface area contributed by atoms with E-state index in [1.807, 2.05) is 0 Å². The van der Waals surface area contributed by atoms with Crippen molar-refractivity contribution in [3.8, 4) is 0 Å². The van der Waals surface area contributed by atoms with Crippen LogP contribution >= 0.6 is 0 Å². The third kappa shape index (κ3) is 3.02. The standard InChI is InChI=1S/C18H28N2O/c1-13-12-17(18(21)19-15-8-6-7-9-15)14(2)20(13)16-10-4-3-5-11-16/h12,15-16H,3-11H2,1-2H3,(H,19,21). The van der Waals surface area contributed by atoms with Crippen LogP contribution in [0.5, 0.6) is 0 Å². The number of nitrogens with zero attached hydrogens (tertiary/aromatic N) is 1. The SMILES string of the molecule is Cc1cc(C(=O)NC2CCCC2)c(C)n1C1CCCCC1. The van der Waals surface area contributed by atoms with Crippen molar-refractivity contribution < 1.29 is 4.79 Å². The fourth-order valence-corrected chi connectivity index (χ4v) is 4.24. The zero-order valence-corrected chi connectivity index (χ0v) is 13.5. The highest BCUT2D eigenvalue weighted by Gasteiger charge is 2.24. The average molecular weight is 288 g/mol. The first-order chi connectivity index (χ1) is 10.2. The number of aryl methyl sites for hydroxylation is 1. The smallest absolute Gasteiger partial charge is 0.253 e. The minimum Gasteiger partial charge on any atom is -0.349 e. The van der Waals surface area contributed by atoms with Crippen molar-refractivity contribution >= 4 is 5.91 Å². The van der Waals surface area contributed by atoms with E-state index in [-0.39, 0.29) is 5.91 Å². The normalized spacial score (nSPS) is 20.9. The van der Waals surface area contributed by atoms with Crippen LogP contribution < -0.4 is 5.32 Å². The van der Waals surface area contributed by atoms with E-state index < -0.39 is 0 Å². The predicted molar refractivity (Wildman–Crippen MR) is 85.8 cm³/mol. The maximum absolute atomic E-state index is 12.5. The molecular formula is C18H28N2O. The van der Waals surface area contributed by atoms with E-state index in [1.54, 1.807) is 0 Å². The molecule has 0 bridgehead atoms. The van der Waals surface area contributed by atoms with Gasteiger partial charge in [-0.25, -0.2) is 0 Å². The van der Waals surface area contributed by atoms with E-state index in [9.17, 15) is 4.79 Å². The predicted octanol–water partition coefficient (Wildman–Crippen LogP) is 4.28. The Labute approximate surface area is 128 Å². The zero-order chi connectivity index (χ0) is 14.8. The largest absolute Gasteiger partial charge is 0.349 e. The second-order valence-electron chi connectivity index (χ2n) is 6.90. The van der Waals surface area contributed by atoms with Crippen molar-refractivity contribution in [2.45, 2.75) is 83.7 Å². The first-order valence-electron chi connectivity index (χ1n) is 8.66. The van der Waals surface area contributed by atoms with Crippen LogP contribution in [-0.4, -0.2) is 16.5 Å². The summed E-state index contributed by atoms with van der Waals surface area (Å²) in [5, 5.41) is 3.23. The molecule has 3 nitrogen and oxygen atoms in total. The topological polar surface area (TPSA) is 34.0 Å². The quantitative estimate of drug-likeness (QED) is 0.885. The Bertz CT molecular complexity index is 506. The molecule has 116 valence electrons. The third-order valence-corrected chi connectivity index (χ3v) is 5.36. The van der Waals surface area contributed by atoms with Gasteiger partial charge < -0.3 is 9.88 Å². The molecule has 1 heterocycles. The lowest BCUT2D eigenvalue weighted by molar-refractivity contribution is 0.0937. The summed E-state index contributed by atoms with van der Waals surface area (Å²) < 4.78 is 2.42. The van der Waals surface area contributed by atoms with Gasteiger partial charge in [0.15, 0.2) is 0 Å². The van der Waals surface area contributed by atoms with Gasteiger partial charge in [-0.1, -0.05) is 32.1 Å². The van der Waals surface area contributed by atoms with Crippen molar-refractivity contribution in [1.82, 2.24) is 9.88 Å². The van der Waals surface area contributed by atoms with Gasteiger partial charge in [0.2, 0.25) is 0 Å². The minimum atomic E-state index is 0.136. The van der Waals surface area contributed by atoms with E-state index in [0.717, 1.165) is 24.1 Å². The van der Waals surface area contributed by atoms with E-state index in [1.165, 1.54) is 50.6 Å². The minimum absolute atomic E-state index is 0.136. The molecule has 2 aliphatic carbocycles. The summed E-state index contributed by atoms with van der Waals surface area (Å²) in [7, 11) is 0. The Kier molecular flexibility index (Phi) is 4.37. The van der Waals surface area contributed by atoms with Gasteiger partial charge in [0.1, 0.15) is 0 Å². The molecule has 1 amide bonds. The van der Waals surface area contributed by atoms with Crippen LogP contribution in [0.2, 0.25) is 0 Å². The summed E-state index contributed by atoms with van der Waals surface area (Å²) in [5.74, 6) is 0.136. The molecule has 2 fully saturated rings. The molecule has 0 unspecified atom stereocenters. The Morgan fingerprint density at radius 2 is 1.67 bits per heavy atom. The molecule has 0 aromatic carbocycles. The lowest BCUT2D eigenvalue weighted by Crippen LogP contribution is -2.32. The van der Waals surface area contributed by atoms with Crippen molar-refractivity contribution in [2.75, 3.05) is 0 Å². The lowest BCUT2D eigenvalue weighted by atomic mass is 9.95. The third-order valence-electron chi connectivity index (χ3n) is 5.36. The highest BCUT2D eigenvalue weighted by atomic mass is 16.1. The molecule has 0 aliphatic heterocycles. The van der Waals surface area contributed by atoms with E-state index >= 15 is 0 Å². The Morgan fingerprint density at radius 3 is 2.33 bits per heavy atom. The van der Waals surface area contributed by atoms with Gasteiger partial charge in [-0.2, -0.15) is 0 Å². The highest BCUT2D eigenvalue weighted by molar-refractivity contribution is 5.95. The fourth-order valence-electron chi connectivity index (χ4n) is 4.24. The van der Waals surface area contributed by atoms with Crippen LogP contribution in [0.4, 0.5) is 0 Å². The summed E-state index contributed by atoms with van der Waals surface area (Å²) in [5.41, 5.74) is 3.30. The second-order valence-corrected chi connectivity index (χ2v) is 6.90. The van der Waals surface area contributed by atoms with Gasteiger partial charge >= 0.3 is 0 Å². The Balaban J connectivity index is 1.77. The molecule has 1 aromatic heterocycles. The zero-order valence-electron chi connectivity index (χ0n) is 13.5. The van der Waals surface area contributed by atoms with Gasteiger partial charge in [0.05, 0.1) is 5.56 Å². The van der Waals surface area contributed by atoms with E-state index in [4.69, 9.17) is 0 Å². The summed E-state index contributed by atoms with van der Waals surface area (Å²) in [6, 6.07) is 3.09. The number of amides is 1. The molecule has 21 heavy (non-hydrogen) atoms. The number of nitrogens with one attached hydrogen (secondary N) is 1. The molecule has 0 saturated heterocycles. The van der Waals surface area contributed by atoms with Gasteiger partial charge in [-0.3, -0.25) is 4.79 Å². The summed E-state index contributed by atoms with van der Waals surface area (Å²) >= 11 is 0. The molecular weight excluding hydrogens is 260 g/mol. The van der Waals surface area contributed by atoms with Crippen molar-refractivity contribution in [3.63, 3.8) is 0 Å². The first kappa shape index (κ1) is 14.7. The van der Waals surface area contributed by atoms with Crippen molar-refractivity contribution in [1.29, 1.82) is 0 Å². The number of rotatable bonds is 3. The Morgan fingerprint density at radius 1 is 1.05 bits per heavy atom. The van der Waals surface area contributed by atoms with Crippen LogP contribution in [0.15, 0.2) is 6.07 Å². The molecule has 1 N–H and O–H groups in total. The molecule has 0 spiro atoms. The number of hydrogen-bond acceptors (Lipinski definition) is 1. The van der Waals surface area contributed by atoms with Crippen LogP contribution in [-0.2, 0) is 0 Å². The molecule has 2 aliphatic rings. The molecule has 1 aromatic rings. The van der Waals surface area contributed by atoms with E-state index in [2.05, 4.69) is 29.8 Å². The Hall–Kier alpha value is -1.25. The molecule has 2 saturated carbocycles. The molecule has 0 radical (unpaired) electrons. The van der Waals surface area contributed by atoms with E-state index in [0.29, 0.717) is 12.1 Å². The van der Waals surface area contributed by atoms with Crippen LogP contribution in [0, 0.1) is 13.8 Å². The fraction of sp³-hybridized carbons (Fsp3) is 0.722. The molecule has 3 rings (SSSR count). The van der Waals surface area contributed by atoms with Crippen molar-refractivity contribution in [3.05, 3.63) is 23.0 Å². The van der Waals surface area contributed by atoms with Gasteiger partial charge in [-0.15, -0.1) is 0 Å². The average Bonchev–Trinajstić information content (AvgIpc) is 3.08. The second kappa shape index (κ2) is 6.25. The number of carbonyl (C=O) groups is 1. The maximum atomic E-state index is 12.5. The van der Waals surface area contributed by atoms with Gasteiger partial charge in [0.25, 0.3) is 5.91 Å².